The minimum atomic E-state index is -0.429. The molecular weight excluding hydrogens is 280 g/mol. The summed E-state index contributed by atoms with van der Waals surface area (Å²) >= 11 is 3.51. The number of aliphatic hydroxyl groups is 1. The summed E-state index contributed by atoms with van der Waals surface area (Å²) in [6.45, 7) is 0.826. The van der Waals surface area contributed by atoms with Gasteiger partial charge in [0.15, 0.2) is 0 Å². The summed E-state index contributed by atoms with van der Waals surface area (Å²) in [5.74, 6) is 1.68. The van der Waals surface area contributed by atoms with Crippen molar-refractivity contribution >= 4 is 15.9 Å². The average Bonchev–Trinajstić information content (AvgIpc) is 3.18. The van der Waals surface area contributed by atoms with Crippen molar-refractivity contribution in [1.82, 2.24) is 0 Å². The van der Waals surface area contributed by atoms with Crippen molar-refractivity contribution in [1.29, 1.82) is 0 Å². The molecule has 1 N–H and O–H groups in total. The van der Waals surface area contributed by atoms with Crippen molar-refractivity contribution in [2.75, 3.05) is 6.61 Å². The van der Waals surface area contributed by atoms with Crippen molar-refractivity contribution < 1.29 is 9.84 Å². The lowest BCUT2D eigenvalue weighted by molar-refractivity contribution is 0.151. The topological polar surface area (TPSA) is 29.5 Å². The molecule has 2 aliphatic carbocycles. The van der Waals surface area contributed by atoms with E-state index in [9.17, 15) is 5.11 Å². The van der Waals surface area contributed by atoms with Crippen LogP contribution in [0.5, 0.6) is 5.75 Å². The van der Waals surface area contributed by atoms with Gasteiger partial charge in [0.05, 0.1) is 16.7 Å². The van der Waals surface area contributed by atoms with Gasteiger partial charge in [0.1, 0.15) is 5.75 Å². The van der Waals surface area contributed by atoms with Crippen LogP contribution >= 0.6 is 15.9 Å². The fourth-order valence-electron chi connectivity index (χ4n) is 1.96. The third kappa shape index (κ3) is 3.02. The zero-order valence-electron chi connectivity index (χ0n) is 9.79. The van der Waals surface area contributed by atoms with Gasteiger partial charge >= 0.3 is 0 Å². The maximum Gasteiger partial charge on any atom is 0.133 e. The minimum Gasteiger partial charge on any atom is -0.492 e. The molecule has 0 heterocycles. The molecule has 3 heteroatoms. The first kappa shape index (κ1) is 11.5. The molecule has 0 aromatic heterocycles. The van der Waals surface area contributed by atoms with Gasteiger partial charge in [-0.15, -0.1) is 0 Å². The fraction of sp³-hybridized carbons (Fsp3) is 0.571. The van der Waals surface area contributed by atoms with Gasteiger partial charge in [-0.05, 0) is 65.2 Å². The molecule has 0 aliphatic heterocycles. The Labute approximate surface area is 110 Å². The molecule has 1 aromatic carbocycles. The van der Waals surface area contributed by atoms with E-state index < -0.39 is 5.60 Å². The largest absolute Gasteiger partial charge is 0.492 e. The molecule has 2 fully saturated rings. The summed E-state index contributed by atoms with van der Waals surface area (Å²) in [6, 6.07) is 6.14. The van der Waals surface area contributed by atoms with E-state index in [-0.39, 0.29) is 0 Å². The third-order valence-corrected chi connectivity index (χ3v) is 4.18. The van der Waals surface area contributed by atoms with E-state index in [4.69, 9.17) is 4.74 Å². The van der Waals surface area contributed by atoms with E-state index in [0.29, 0.717) is 0 Å². The van der Waals surface area contributed by atoms with E-state index in [1.54, 1.807) is 0 Å². The van der Waals surface area contributed by atoms with Crippen molar-refractivity contribution in [2.45, 2.75) is 37.7 Å². The number of hydrogen-bond acceptors (Lipinski definition) is 2. The Morgan fingerprint density at radius 1 is 1.35 bits per heavy atom. The second-order valence-electron chi connectivity index (χ2n) is 5.42. The number of ether oxygens (including phenoxy) is 1. The molecule has 3 rings (SSSR count). The van der Waals surface area contributed by atoms with Gasteiger partial charge in [0, 0.05) is 6.42 Å². The smallest absolute Gasteiger partial charge is 0.133 e. The Balaban J connectivity index is 1.69. The van der Waals surface area contributed by atoms with Gasteiger partial charge in [0.25, 0.3) is 0 Å². The second kappa shape index (κ2) is 4.29. The molecule has 0 amide bonds. The van der Waals surface area contributed by atoms with Gasteiger partial charge in [-0.3, -0.25) is 0 Å². The van der Waals surface area contributed by atoms with Gasteiger partial charge in [0.2, 0.25) is 0 Å². The molecule has 0 atom stereocenters. The van der Waals surface area contributed by atoms with Crippen LogP contribution in [0.1, 0.15) is 31.2 Å². The Bertz CT molecular complexity index is 422. The molecule has 2 aliphatic rings. The van der Waals surface area contributed by atoms with Crippen LogP contribution in [-0.4, -0.2) is 17.3 Å². The van der Waals surface area contributed by atoms with E-state index in [0.717, 1.165) is 42.0 Å². The molecule has 0 radical (unpaired) electrons. The summed E-state index contributed by atoms with van der Waals surface area (Å²) in [4.78, 5) is 0. The van der Waals surface area contributed by atoms with Crippen LogP contribution in [0.2, 0.25) is 0 Å². The summed E-state index contributed by atoms with van der Waals surface area (Å²) < 4.78 is 6.81. The van der Waals surface area contributed by atoms with Gasteiger partial charge in [-0.2, -0.15) is 0 Å². The van der Waals surface area contributed by atoms with E-state index in [1.165, 1.54) is 18.4 Å². The molecule has 0 saturated heterocycles. The monoisotopic (exact) mass is 296 g/mol. The fourth-order valence-corrected chi connectivity index (χ4v) is 2.32. The molecule has 0 bridgehead atoms. The molecule has 2 saturated carbocycles. The number of benzene rings is 1. The van der Waals surface area contributed by atoms with Crippen molar-refractivity contribution in [3.8, 4) is 5.75 Å². The lowest BCUT2D eigenvalue weighted by atomic mass is 10.1. The first-order valence-corrected chi connectivity index (χ1v) is 7.08. The highest BCUT2D eigenvalue weighted by molar-refractivity contribution is 9.10. The van der Waals surface area contributed by atoms with Crippen LogP contribution in [-0.2, 0) is 6.42 Å². The number of hydrogen-bond donors (Lipinski definition) is 1. The highest BCUT2D eigenvalue weighted by Crippen LogP contribution is 2.39. The molecular formula is C14H17BrO2. The SMILES string of the molecule is OC1(Cc2ccc(Br)c(OCC3CC3)c2)CC1. The van der Waals surface area contributed by atoms with Crippen molar-refractivity contribution in [3.63, 3.8) is 0 Å². The Hall–Kier alpha value is -0.540. The van der Waals surface area contributed by atoms with E-state index >= 15 is 0 Å². The summed E-state index contributed by atoms with van der Waals surface area (Å²) in [6.07, 6.45) is 5.22. The van der Waals surface area contributed by atoms with Crippen LogP contribution in [0.25, 0.3) is 0 Å². The van der Waals surface area contributed by atoms with Crippen molar-refractivity contribution in [2.24, 2.45) is 5.92 Å². The molecule has 2 nitrogen and oxygen atoms in total. The average molecular weight is 297 g/mol. The van der Waals surface area contributed by atoms with Crippen LogP contribution in [0.15, 0.2) is 22.7 Å². The standard InChI is InChI=1S/C14H17BrO2/c15-12-4-3-11(8-14(16)5-6-14)7-13(12)17-9-10-1-2-10/h3-4,7,10,16H,1-2,5-6,8-9H2. The number of rotatable bonds is 5. The number of halogens is 1. The molecule has 17 heavy (non-hydrogen) atoms. The minimum absolute atomic E-state index is 0.429. The first-order chi connectivity index (χ1) is 8.15. The molecule has 0 spiro atoms. The predicted octanol–water partition coefficient (Wildman–Crippen LogP) is 3.31. The zero-order chi connectivity index (χ0) is 11.9. The maximum atomic E-state index is 9.92. The van der Waals surface area contributed by atoms with E-state index in [1.807, 2.05) is 6.07 Å². The van der Waals surface area contributed by atoms with Gasteiger partial charge < -0.3 is 9.84 Å². The first-order valence-electron chi connectivity index (χ1n) is 6.28. The Morgan fingerprint density at radius 3 is 2.76 bits per heavy atom. The van der Waals surface area contributed by atoms with Gasteiger partial charge in [-0.25, -0.2) is 0 Å². The molecule has 92 valence electrons. The van der Waals surface area contributed by atoms with E-state index in [2.05, 4.69) is 28.1 Å². The summed E-state index contributed by atoms with van der Waals surface area (Å²) in [7, 11) is 0. The molecule has 0 unspecified atom stereocenters. The second-order valence-corrected chi connectivity index (χ2v) is 6.27. The predicted molar refractivity (Wildman–Crippen MR) is 70.2 cm³/mol. The van der Waals surface area contributed by atoms with Crippen molar-refractivity contribution in [3.05, 3.63) is 28.2 Å². The summed E-state index contributed by atoms with van der Waals surface area (Å²) in [5.41, 5.74) is 0.737. The highest BCUT2D eigenvalue weighted by Gasteiger charge is 2.40. The van der Waals surface area contributed by atoms with Crippen LogP contribution in [0.4, 0.5) is 0 Å². The zero-order valence-corrected chi connectivity index (χ0v) is 11.4. The normalized spacial score (nSPS) is 21.3. The highest BCUT2D eigenvalue weighted by atomic mass is 79.9. The van der Waals surface area contributed by atoms with Crippen LogP contribution in [0.3, 0.4) is 0 Å². The maximum absolute atomic E-state index is 9.92. The Kier molecular flexibility index (Phi) is 2.91. The quantitative estimate of drug-likeness (QED) is 0.903. The van der Waals surface area contributed by atoms with Crippen LogP contribution in [0, 0.1) is 5.92 Å². The molecule has 1 aromatic rings. The lowest BCUT2D eigenvalue weighted by Crippen LogP contribution is -2.10. The third-order valence-electron chi connectivity index (χ3n) is 3.53. The van der Waals surface area contributed by atoms with Crippen LogP contribution < -0.4 is 4.74 Å². The Morgan fingerprint density at radius 2 is 2.12 bits per heavy atom. The summed E-state index contributed by atoms with van der Waals surface area (Å²) in [5, 5.41) is 9.92. The lowest BCUT2D eigenvalue weighted by Gasteiger charge is -2.12. The van der Waals surface area contributed by atoms with Gasteiger partial charge in [-0.1, -0.05) is 6.07 Å².